The molecule has 136 valence electrons. The molecule has 0 heterocycles. The van der Waals surface area contributed by atoms with Gasteiger partial charge in [0.05, 0.1) is 5.69 Å². The van der Waals surface area contributed by atoms with Gasteiger partial charge in [-0.25, -0.2) is 13.6 Å². The average molecular weight is 363 g/mol. The summed E-state index contributed by atoms with van der Waals surface area (Å²) in [5.74, 6) is 0.753. The first-order valence-corrected chi connectivity index (χ1v) is 9.87. The van der Waals surface area contributed by atoms with Crippen LogP contribution >= 0.6 is 0 Å². The lowest BCUT2D eigenvalue weighted by molar-refractivity contribution is 0.469. The van der Waals surface area contributed by atoms with E-state index in [9.17, 15) is 8.42 Å². The summed E-state index contributed by atoms with van der Waals surface area (Å²) in [5.41, 5.74) is 7.02. The third-order valence-corrected chi connectivity index (χ3v) is 4.58. The molecule has 25 heavy (non-hydrogen) atoms. The molecule has 2 aromatic carbocycles. The van der Waals surface area contributed by atoms with Gasteiger partial charge in [0.1, 0.15) is 10.6 Å². The maximum Gasteiger partial charge on any atom is 0.241 e. The van der Waals surface area contributed by atoms with E-state index in [-0.39, 0.29) is 10.6 Å². The highest BCUT2D eigenvalue weighted by molar-refractivity contribution is 7.89. The Morgan fingerprint density at radius 2 is 1.88 bits per heavy atom. The van der Waals surface area contributed by atoms with E-state index in [1.807, 2.05) is 24.3 Å². The van der Waals surface area contributed by atoms with Crippen molar-refractivity contribution in [3.05, 3.63) is 48.0 Å². The fraction of sp³-hybridized carbons (Fsp3) is 0.333. The fourth-order valence-corrected chi connectivity index (χ4v) is 3.15. The van der Waals surface area contributed by atoms with Crippen LogP contribution < -0.4 is 20.9 Å². The molecule has 0 aromatic heterocycles. The molecule has 0 unspecified atom stereocenters. The van der Waals surface area contributed by atoms with Gasteiger partial charge in [0.25, 0.3) is 0 Å². The smallest absolute Gasteiger partial charge is 0.241 e. The molecular weight excluding hydrogens is 338 g/mol. The maximum absolute atomic E-state index is 12.1. The van der Waals surface area contributed by atoms with E-state index in [0.29, 0.717) is 30.9 Å². The van der Waals surface area contributed by atoms with Crippen LogP contribution in [0.25, 0.3) is 0 Å². The lowest BCUT2D eigenvalue weighted by Crippen LogP contribution is -2.16. The van der Waals surface area contributed by atoms with E-state index in [2.05, 4.69) is 12.2 Å². The van der Waals surface area contributed by atoms with Crippen molar-refractivity contribution in [1.82, 2.24) is 0 Å². The van der Waals surface area contributed by atoms with Crippen LogP contribution in [0, 0.1) is 0 Å². The molecule has 0 amide bonds. The van der Waals surface area contributed by atoms with Crippen LogP contribution in [0.2, 0.25) is 0 Å². The molecule has 0 aliphatic carbocycles. The predicted octanol–water partition coefficient (Wildman–Crippen LogP) is 2.84. The molecule has 0 bridgehead atoms. The number of anilines is 1. The first-order valence-electron chi connectivity index (χ1n) is 8.32. The summed E-state index contributed by atoms with van der Waals surface area (Å²) in [7, 11) is -3.95. The van der Waals surface area contributed by atoms with Gasteiger partial charge in [0, 0.05) is 6.54 Å². The largest absolute Gasteiger partial charge is 0.454 e. The number of para-hydroxylation sites is 1. The van der Waals surface area contributed by atoms with Crippen LogP contribution in [-0.4, -0.2) is 21.5 Å². The second kappa shape index (κ2) is 8.84. The standard InChI is InChI=1S/C18H25N3O3S/c1-2-3-11-21-16-12-14(9-10-19)13-17(25(20,22)23)18(16)24-15-7-5-4-6-8-15/h4-8,12-13,21H,2-3,9-11,19H2,1H3,(H2,20,22,23). The second-order valence-electron chi connectivity index (χ2n) is 5.75. The van der Waals surface area contributed by atoms with Gasteiger partial charge in [0.2, 0.25) is 10.0 Å². The molecule has 0 aliphatic heterocycles. The Labute approximate surface area is 149 Å². The van der Waals surface area contributed by atoms with Gasteiger partial charge in [-0.1, -0.05) is 31.5 Å². The molecule has 0 atom stereocenters. The molecule has 5 N–H and O–H groups in total. The number of rotatable bonds is 9. The summed E-state index contributed by atoms with van der Waals surface area (Å²) in [4.78, 5) is -0.0405. The van der Waals surface area contributed by atoms with Gasteiger partial charge in [-0.3, -0.25) is 0 Å². The SMILES string of the molecule is CCCCNc1cc(CCN)cc(S(N)(=O)=O)c1Oc1ccccc1. The predicted molar refractivity (Wildman–Crippen MR) is 100 cm³/mol. The number of hydrogen-bond donors (Lipinski definition) is 3. The molecule has 0 saturated heterocycles. The van der Waals surface area contributed by atoms with E-state index in [4.69, 9.17) is 15.6 Å². The number of ether oxygens (including phenoxy) is 1. The Morgan fingerprint density at radius 3 is 2.48 bits per heavy atom. The van der Waals surface area contributed by atoms with Crippen molar-refractivity contribution < 1.29 is 13.2 Å². The molecule has 0 saturated carbocycles. The van der Waals surface area contributed by atoms with Crippen molar-refractivity contribution >= 4 is 15.7 Å². The summed E-state index contributed by atoms with van der Waals surface area (Å²) >= 11 is 0. The quantitative estimate of drug-likeness (QED) is 0.594. The normalized spacial score (nSPS) is 11.3. The second-order valence-corrected chi connectivity index (χ2v) is 7.28. The van der Waals surface area contributed by atoms with E-state index in [1.165, 1.54) is 6.07 Å². The van der Waals surface area contributed by atoms with E-state index >= 15 is 0 Å². The summed E-state index contributed by atoms with van der Waals surface area (Å²) in [6.45, 7) is 3.21. The topological polar surface area (TPSA) is 107 Å². The molecule has 6 nitrogen and oxygen atoms in total. The van der Waals surface area contributed by atoms with Gasteiger partial charge in [-0.05, 0) is 49.2 Å². The van der Waals surface area contributed by atoms with Crippen molar-refractivity contribution in [3.63, 3.8) is 0 Å². The third-order valence-electron chi connectivity index (χ3n) is 3.66. The van der Waals surface area contributed by atoms with Gasteiger partial charge >= 0.3 is 0 Å². The maximum atomic E-state index is 12.1. The summed E-state index contributed by atoms with van der Waals surface area (Å²) < 4.78 is 30.1. The van der Waals surface area contributed by atoms with Gasteiger partial charge < -0.3 is 15.8 Å². The van der Waals surface area contributed by atoms with Gasteiger partial charge in [-0.2, -0.15) is 0 Å². The van der Waals surface area contributed by atoms with Crippen LogP contribution in [0.1, 0.15) is 25.3 Å². The minimum atomic E-state index is -3.95. The molecule has 0 aliphatic rings. The lowest BCUT2D eigenvalue weighted by atomic mass is 10.1. The number of benzene rings is 2. The highest BCUT2D eigenvalue weighted by Crippen LogP contribution is 2.37. The molecule has 0 radical (unpaired) electrons. The number of nitrogens with two attached hydrogens (primary N) is 2. The van der Waals surface area contributed by atoms with Crippen molar-refractivity contribution in [2.24, 2.45) is 10.9 Å². The van der Waals surface area contributed by atoms with E-state index < -0.39 is 10.0 Å². The van der Waals surface area contributed by atoms with Crippen LogP contribution in [0.3, 0.4) is 0 Å². The van der Waals surface area contributed by atoms with Crippen molar-refractivity contribution in [2.75, 3.05) is 18.4 Å². The minimum Gasteiger partial charge on any atom is -0.454 e. The Hall–Kier alpha value is -2.09. The number of nitrogens with one attached hydrogen (secondary N) is 1. The number of hydrogen-bond acceptors (Lipinski definition) is 5. The monoisotopic (exact) mass is 363 g/mol. The van der Waals surface area contributed by atoms with Crippen molar-refractivity contribution in [1.29, 1.82) is 0 Å². The number of primary sulfonamides is 1. The zero-order valence-electron chi connectivity index (χ0n) is 14.4. The van der Waals surface area contributed by atoms with Gasteiger partial charge in [-0.15, -0.1) is 0 Å². The van der Waals surface area contributed by atoms with Crippen LogP contribution in [-0.2, 0) is 16.4 Å². The number of sulfonamides is 1. The van der Waals surface area contributed by atoms with Crippen LogP contribution in [0.15, 0.2) is 47.4 Å². The molecular formula is C18H25N3O3S. The molecule has 0 fully saturated rings. The van der Waals surface area contributed by atoms with Crippen molar-refractivity contribution in [2.45, 2.75) is 31.1 Å². The first-order chi connectivity index (χ1) is 12.0. The lowest BCUT2D eigenvalue weighted by Gasteiger charge is -2.18. The Kier molecular flexibility index (Phi) is 6.81. The molecule has 0 spiro atoms. The highest BCUT2D eigenvalue weighted by Gasteiger charge is 2.21. The van der Waals surface area contributed by atoms with E-state index in [1.54, 1.807) is 12.1 Å². The Bertz CT molecular complexity index is 793. The minimum absolute atomic E-state index is 0.0405. The average Bonchev–Trinajstić information content (AvgIpc) is 2.57. The first kappa shape index (κ1) is 19.2. The zero-order valence-corrected chi connectivity index (χ0v) is 15.2. The van der Waals surface area contributed by atoms with Crippen molar-refractivity contribution in [3.8, 4) is 11.5 Å². The highest BCUT2D eigenvalue weighted by atomic mass is 32.2. The van der Waals surface area contributed by atoms with E-state index in [0.717, 1.165) is 18.4 Å². The third kappa shape index (κ3) is 5.45. The summed E-state index contributed by atoms with van der Waals surface area (Å²) in [5, 5.41) is 8.69. The summed E-state index contributed by atoms with van der Waals surface area (Å²) in [6, 6.07) is 12.4. The molecule has 2 rings (SSSR count). The Balaban J connectivity index is 2.53. The molecule has 7 heteroatoms. The fourth-order valence-electron chi connectivity index (χ4n) is 2.42. The van der Waals surface area contributed by atoms with Crippen LogP contribution in [0.5, 0.6) is 11.5 Å². The summed E-state index contributed by atoms with van der Waals surface area (Å²) in [6.07, 6.45) is 2.53. The Morgan fingerprint density at radius 1 is 1.16 bits per heavy atom. The molecule has 2 aromatic rings. The van der Waals surface area contributed by atoms with Gasteiger partial charge in [0.15, 0.2) is 5.75 Å². The van der Waals surface area contributed by atoms with Crippen LogP contribution in [0.4, 0.5) is 5.69 Å². The zero-order chi connectivity index (χ0) is 18.3. The number of unbranched alkanes of at least 4 members (excludes halogenated alkanes) is 1.